The van der Waals surface area contributed by atoms with Gasteiger partial charge in [0.2, 0.25) is 0 Å². The van der Waals surface area contributed by atoms with Crippen molar-refractivity contribution in [2.45, 2.75) is 52.2 Å². The molecule has 0 spiro atoms. The van der Waals surface area contributed by atoms with Gasteiger partial charge in [-0.1, -0.05) is 6.92 Å². The Morgan fingerprint density at radius 2 is 2.06 bits per heavy atom. The summed E-state index contributed by atoms with van der Waals surface area (Å²) in [5, 5.41) is 9.03. The molecule has 0 aromatic carbocycles. The molecule has 1 aliphatic rings. The Morgan fingerprint density at radius 3 is 2.39 bits per heavy atom. The summed E-state index contributed by atoms with van der Waals surface area (Å²) in [6, 6.07) is -0.196. The van der Waals surface area contributed by atoms with E-state index in [1.54, 1.807) is 27.7 Å². The zero-order valence-corrected chi connectivity index (χ0v) is 11.5. The van der Waals surface area contributed by atoms with E-state index in [9.17, 15) is 9.59 Å². The lowest BCUT2D eigenvalue weighted by molar-refractivity contribution is -0.145. The van der Waals surface area contributed by atoms with E-state index in [0.29, 0.717) is 0 Å². The number of carbonyl (C=O) groups is 2. The average Bonchev–Trinajstić information content (AvgIpc) is 2.20. The normalized spacial score (nSPS) is 25.7. The monoisotopic (exact) mass is 258 g/mol. The van der Waals surface area contributed by atoms with Crippen LogP contribution in [0.1, 0.15) is 41.9 Å². The topological polar surface area (TPSA) is 66.8 Å². The number of carboxylic acid groups (broad SMARTS) is 1. The smallest absolute Gasteiger partial charge is 0.410 e. The molecule has 3 atom stereocenters. The maximum atomic E-state index is 12.0. The van der Waals surface area contributed by atoms with Crippen LogP contribution in [0.5, 0.6) is 0 Å². The van der Waals surface area contributed by atoms with E-state index in [1.165, 1.54) is 4.90 Å². The van der Waals surface area contributed by atoms with E-state index < -0.39 is 23.6 Å². The van der Waals surface area contributed by atoms with Crippen LogP contribution >= 0.6 is 0 Å². The van der Waals surface area contributed by atoms with Crippen molar-refractivity contribution in [3.05, 3.63) is 0 Å². The van der Waals surface area contributed by atoms with E-state index in [-0.39, 0.29) is 19.0 Å². The Balaban J connectivity index is 2.70. The van der Waals surface area contributed by atoms with Crippen LogP contribution in [0.2, 0.25) is 0 Å². The Hall–Kier alpha value is -1.26. The number of ether oxygens (including phenoxy) is 1. The summed E-state index contributed by atoms with van der Waals surface area (Å²) in [5.74, 6) is -1.45. The largest absolute Gasteiger partial charge is 0.481 e. The van der Waals surface area contributed by atoms with E-state index in [1.807, 2.05) is 0 Å². The van der Waals surface area contributed by atoms with Crippen LogP contribution in [0.4, 0.5) is 4.79 Å². The molecule has 5 nitrogen and oxygen atoms in total. The number of aliphatic carboxylic acids is 1. The maximum absolute atomic E-state index is 12.0. The molecule has 0 aromatic heterocycles. The molecule has 0 heterocycles. The summed E-state index contributed by atoms with van der Waals surface area (Å²) >= 11 is 0. The number of rotatable bonds is 3. The van der Waals surface area contributed by atoms with E-state index in [0.717, 1.165) is 12.8 Å². The summed E-state index contributed by atoms with van der Waals surface area (Å²) in [6.07, 6.45) is 0.979. The van der Waals surface area contributed by atoms with Crippen LogP contribution < -0.4 is 0 Å². The lowest BCUT2D eigenvalue weighted by atomic mass is 9.71. The van der Waals surface area contributed by atoms with Crippen molar-refractivity contribution in [1.29, 1.82) is 0 Å². The molecule has 0 aromatic rings. The zero-order chi connectivity index (χ0) is 14.8. The van der Waals surface area contributed by atoms with E-state index in [2.05, 4.69) is 0 Å². The fourth-order valence-corrected chi connectivity index (χ4v) is 2.12. The van der Waals surface area contributed by atoms with Gasteiger partial charge in [0.25, 0.3) is 0 Å². The molecule has 1 aliphatic carbocycles. The zero-order valence-electron chi connectivity index (χ0n) is 12.5. The third kappa shape index (κ3) is 3.37. The van der Waals surface area contributed by atoms with Crippen molar-refractivity contribution in [2.75, 3.05) is 7.02 Å². The lowest BCUT2D eigenvalue weighted by Gasteiger charge is -2.44. The van der Waals surface area contributed by atoms with Crippen molar-refractivity contribution in [2.24, 2.45) is 11.8 Å². The van der Waals surface area contributed by atoms with Crippen LogP contribution in [0.25, 0.3) is 0 Å². The van der Waals surface area contributed by atoms with Crippen LogP contribution in [0, 0.1) is 11.8 Å². The van der Waals surface area contributed by atoms with E-state index in [4.69, 9.17) is 11.2 Å². The van der Waals surface area contributed by atoms with Gasteiger partial charge in [0, 0.05) is 14.4 Å². The standard InChI is InChI=1S/C13H23NO4/c1-8(11(15)16)9-6-7-10(9)14(5)12(17)18-13(2,3)4/h8-10H,6-7H2,1-5H3,(H,15,16)/t8-,9?,10?/m0/s1/i5D. The Morgan fingerprint density at radius 1 is 1.44 bits per heavy atom. The van der Waals surface area contributed by atoms with Crippen molar-refractivity contribution >= 4 is 12.1 Å². The van der Waals surface area contributed by atoms with Gasteiger partial charge in [-0.25, -0.2) is 4.79 Å². The lowest BCUT2D eigenvalue weighted by Crippen LogP contribution is -2.52. The van der Waals surface area contributed by atoms with Gasteiger partial charge in [-0.05, 0) is 39.5 Å². The molecule has 1 amide bonds. The van der Waals surface area contributed by atoms with Gasteiger partial charge in [0.1, 0.15) is 5.60 Å². The fraction of sp³-hybridized carbons (Fsp3) is 0.846. The van der Waals surface area contributed by atoms with Crippen LogP contribution in [-0.2, 0) is 9.53 Å². The maximum Gasteiger partial charge on any atom is 0.410 e. The second kappa shape index (κ2) is 5.16. The highest BCUT2D eigenvalue weighted by Gasteiger charge is 2.42. The molecule has 1 rings (SSSR count). The van der Waals surface area contributed by atoms with Crippen LogP contribution in [-0.4, -0.2) is 40.7 Å². The Bertz CT molecular complexity index is 353. The number of carboxylic acids is 1. The van der Waals surface area contributed by atoms with E-state index >= 15 is 0 Å². The second-order valence-electron chi connectivity index (χ2n) is 5.89. The van der Waals surface area contributed by atoms with Gasteiger partial charge in [0.15, 0.2) is 0 Å². The predicted molar refractivity (Wildman–Crippen MR) is 67.3 cm³/mol. The van der Waals surface area contributed by atoms with Gasteiger partial charge in [-0.3, -0.25) is 4.79 Å². The third-order valence-electron chi connectivity index (χ3n) is 3.35. The molecule has 104 valence electrons. The van der Waals surface area contributed by atoms with Crippen molar-refractivity contribution in [1.82, 2.24) is 4.90 Å². The molecule has 1 fully saturated rings. The summed E-state index contributed by atoms with van der Waals surface area (Å²) in [4.78, 5) is 24.3. The molecule has 18 heavy (non-hydrogen) atoms. The average molecular weight is 258 g/mol. The number of carbonyl (C=O) groups excluding carboxylic acids is 1. The minimum Gasteiger partial charge on any atom is -0.481 e. The molecule has 1 N–H and O–H groups in total. The van der Waals surface area contributed by atoms with Gasteiger partial charge in [-0.15, -0.1) is 0 Å². The SMILES string of the molecule is [2H]CN(C(=O)OC(C)(C)C)C1CCC1[C@H](C)C(=O)O. The predicted octanol–water partition coefficient (Wildman–Crippen LogP) is 2.35. The molecule has 0 saturated heterocycles. The first-order valence-electron chi connectivity index (χ1n) is 6.89. The van der Waals surface area contributed by atoms with Gasteiger partial charge < -0.3 is 14.7 Å². The van der Waals surface area contributed by atoms with Crippen molar-refractivity contribution in [3.63, 3.8) is 0 Å². The number of nitrogens with zero attached hydrogens (tertiary/aromatic N) is 1. The minimum atomic E-state index is -0.858. The quantitative estimate of drug-likeness (QED) is 0.843. The number of hydrogen-bond acceptors (Lipinski definition) is 3. The van der Waals surface area contributed by atoms with Gasteiger partial charge in [0.05, 0.1) is 5.92 Å². The Labute approximate surface area is 110 Å². The molecule has 2 unspecified atom stereocenters. The van der Waals surface area contributed by atoms with Crippen molar-refractivity contribution < 1.29 is 20.8 Å². The summed E-state index contributed by atoms with van der Waals surface area (Å²) in [6.45, 7) is 6.96. The highest BCUT2D eigenvalue weighted by atomic mass is 16.6. The highest BCUT2D eigenvalue weighted by Crippen LogP contribution is 2.37. The summed E-state index contributed by atoms with van der Waals surface area (Å²) in [7, 11) is -0.206. The van der Waals surface area contributed by atoms with Crippen LogP contribution in [0.3, 0.4) is 0 Å². The molecule has 0 aliphatic heterocycles. The molecule has 0 bridgehead atoms. The first-order valence-corrected chi connectivity index (χ1v) is 6.19. The van der Waals surface area contributed by atoms with Crippen molar-refractivity contribution in [3.8, 4) is 0 Å². The summed E-state index contributed by atoms with van der Waals surface area (Å²) in [5.41, 5.74) is -0.609. The molecule has 5 heteroatoms. The molecular formula is C13H23NO4. The summed E-state index contributed by atoms with van der Waals surface area (Å²) < 4.78 is 12.7. The van der Waals surface area contributed by atoms with Gasteiger partial charge in [-0.2, -0.15) is 0 Å². The van der Waals surface area contributed by atoms with Gasteiger partial charge >= 0.3 is 12.1 Å². The Kier molecular flexibility index (Phi) is 3.78. The third-order valence-corrected chi connectivity index (χ3v) is 3.35. The molecule has 0 radical (unpaired) electrons. The fourth-order valence-electron chi connectivity index (χ4n) is 2.12. The highest BCUT2D eigenvalue weighted by molar-refractivity contribution is 5.71. The number of amides is 1. The first kappa shape index (κ1) is 13.2. The van der Waals surface area contributed by atoms with Crippen LogP contribution in [0.15, 0.2) is 0 Å². The first-order chi connectivity index (χ1) is 8.67. The second-order valence-corrected chi connectivity index (χ2v) is 5.89. The molecular weight excluding hydrogens is 234 g/mol. The number of hydrogen-bond donors (Lipinski definition) is 1. The minimum absolute atomic E-state index is 0.0876. The molecule has 1 saturated carbocycles.